The number of primary amides is 1. The van der Waals surface area contributed by atoms with Gasteiger partial charge in [-0.25, -0.2) is 13.3 Å². The Morgan fingerprint density at radius 1 is 0.950 bits per heavy atom. The SMILES string of the molecule is Cc1ccc(C(=O)NC2(c3ccc(F)cc3)CC2)cc1Cc1ccn2nc(-c3ccc(F)cc3)c(C(N)=O)c2c1. The van der Waals surface area contributed by atoms with Crippen molar-refractivity contribution in [2.75, 3.05) is 0 Å². The van der Waals surface area contributed by atoms with Crippen LogP contribution in [0.4, 0.5) is 8.78 Å². The molecule has 2 aromatic heterocycles. The maximum atomic E-state index is 13.5. The Bertz CT molecular complexity index is 1770. The lowest BCUT2D eigenvalue weighted by atomic mass is 9.97. The number of fused-ring (bicyclic) bond motifs is 1. The number of carbonyl (C=O) groups is 2. The summed E-state index contributed by atoms with van der Waals surface area (Å²) in [5.41, 5.74) is 11.4. The highest BCUT2D eigenvalue weighted by Gasteiger charge is 2.45. The first-order chi connectivity index (χ1) is 19.2. The predicted molar refractivity (Wildman–Crippen MR) is 148 cm³/mol. The fourth-order valence-electron chi connectivity index (χ4n) is 5.14. The summed E-state index contributed by atoms with van der Waals surface area (Å²) in [5.74, 6) is -1.51. The minimum absolute atomic E-state index is 0.186. The van der Waals surface area contributed by atoms with E-state index in [9.17, 15) is 18.4 Å². The highest BCUT2D eigenvalue weighted by atomic mass is 19.1. The van der Waals surface area contributed by atoms with E-state index in [-0.39, 0.29) is 23.1 Å². The molecule has 6 rings (SSSR count). The van der Waals surface area contributed by atoms with Gasteiger partial charge >= 0.3 is 0 Å². The van der Waals surface area contributed by atoms with E-state index in [1.54, 1.807) is 41.0 Å². The molecule has 5 aromatic rings. The van der Waals surface area contributed by atoms with Crippen LogP contribution in [0.15, 0.2) is 85.1 Å². The van der Waals surface area contributed by atoms with E-state index in [1.807, 2.05) is 31.2 Å². The monoisotopic (exact) mass is 536 g/mol. The smallest absolute Gasteiger partial charge is 0.253 e. The van der Waals surface area contributed by atoms with Gasteiger partial charge in [-0.15, -0.1) is 0 Å². The van der Waals surface area contributed by atoms with Crippen molar-refractivity contribution in [3.05, 3.63) is 130 Å². The number of hydrogen-bond donors (Lipinski definition) is 2. The largest absolute Gasteiger partial charge is 0.365 e. The quantitative estimate of drug-likeness (QED) is 0.280. The number of aryl methyl sites for hydroxylation is 1. The Balaban J connectivity index is 1.28. The fourth-order valence-corrected chi connectivity index (χ4v) is 5.14. The summed E-state index contributed by atoms with van der Waals surface area (Å²) in [5, 5.41) is 7.67. The predicted octanol–water partition coefficient (Wildman–Crippen LogP) is 5.70. The molecule has 0 aliphatic heterocycles. The first-order valence-electron chi connectivity index (χ1n) is 13.0. The molecule has 0 saturated heterocycles. The molecule has 0 unspecified atom stereocenters. The molecular weight excluding hydrogens is 510 g/mol. The van der Waals surface area contributed by atoms with Gasteiger partial charge in [0.15, 0.2) is 0 Å². The lowest BCUT2D eigenvalue weighted by Crippen LogP contribution is -2.34. The van der Waals surface area contributed by atoms with E-state index in [0.29, 0.717) is 28.8 Å². The molecule has 1 saturated carbocycles. The average Bonchev–Trinajstić information content (AvgIpc) is 3.61. The number of aromatic nitrogens is 2. The van der Waals surface area contributed by atoms with Crippen molar-refractivity contribution in [3.8, 4) is 11.3 Å². The topological polar surface area (TPSA) is 89.5 Å². The number of pyridine rings is 1. The second-order valence-corrected chi connectivity index (χ2v) is 10.3. The Morgan fingerprint density at radius 2 is 1.62 bits per heavy atom. The Morgan fingerprint density at radius 3 is 2.27 bits per heavy atom. The first-order valence-corrected chi connectivity index (χ1v) is 13.0. The van der Waals surface area contributed by atoms with Crippen LogP contribution in [0.5, 0.6) is 0 Å². The summed E-state index contributed by atoms with van der Waals surface area (Å²) in [4.78, 5) is 25.7. The van der Waals surface area contributed by atoms with Crippen LogP contribution in [-0.4, -0.2) is 21.4 Å². The van der Waals surface area contributed by atoms with Gasteiger partial charge in [0.05, 0.1) is 16.6 Å². The number of halogens is 2. The van der Waals surface area contributed by atoms with E-state index in [2.05, 4.69) is 10.4 Å². The molecule has 0 atom stereocenters. The molecule has 3 aromatic carbocycles. The van der Waals surface area contributed by atoms with Gasteiger partial charge in [-0.1, -0.05) is 18.2 Å². The number of nitrogens with two attached hydrogens (primary N) is 1. The minimum Gasteiger partial charge on any atom is -0.365 e. The molecule has 1 fully saturated rings. The number of rotatable bonds is 7. The zero-order chi connectivity index (χ0) is 28.0. The van der Waals surface area contributed by atoms with Crippen LogP contribution in [0.2, 0.25) is 0 Å². The summed E-state index contributed by atoms with van der Waals surface area (Å²) in [6, 6.07) is 21.4. The van der Waals surface area contributed by atoms with Crippen LogP contribution in [0.25, 0.3) is 16.8 Å². The summed E-state index contributed by atoms with van der Waals surface area (Å²) >= 11 is 0. The molecule has 3 N–H and O–H groups in total. The zero-order valence-electron chi connectivity index (χ0n) is 21.7. The first kappa shape index (κ1) is 25.4. The molecule has 2 heterocycles. The molecule has 1 aliphatic carbocycles. The van der Waals surface area contributed by atoms with E-state index >= 15 is 0 Å². The zero-order valence-corrected chi connectivity index (χ0v) is 21.7. The molecule has 0 bridgehead atoms. The molecule has 1 aliphatic rings. The fraction of sp³-hybridized carbons (Fsp3) is 0.156. The normalized spacial score (nSPS) is 13.8. The number of carbonyl (C=O) groups excluding carboxylic acids is 2. The number of amides is 2. The number of nitrogens with one attached hydrogen (secondary N) is 1. The Labute approximate surface area is 229 Å². The van der Waals surface area contributed by atoms with Gasteiger partial charge in [0.2, 0.25) is 0 Å². The van der Waals surface area contributed by atoms with Crippen molar-refractivity contribution in [2.45, 2.75) is 31.7 Å². The number of nitrogens with zero attached hydrogens (tertiary/aromatic N) is 2. The van der Waals surface area contributed by atoms with Gasteiger partial charge in [0.1, 0.15) is 17.3 Å². The Kier molecular flexibility index (Phi) is 6.18. The lowest BCUT2D eigenvalue weighted by Gasteiger charge is -2.19. The molecule has 2 amide bonds. The van der Waals surface area contributed by atoms with Crippen LogP contribution < -0.4 is 11.1 Å². The van der Waals surface area contributed by atoms with Crippen LogP contribution in [-0.2, 0) is 12.0 Å². The molecule has 8 heteroatoms. The lowest BCUT2D eigenvalue weighted by molar-refractivity contribution is 0.0929. The summed E-state index contributed by atoms with van der Waals surface area (Å²) < 4.78 is 28.4. The van der Waals surface area contributed by atoms with Gasteiger partial charge < -0.3 is 11.1 Å². The summed E-state index contributed by atoms with van der Waals surface area (Å²) in [6.07, 6.45) is 3.88. The second kappa shape index (κ2) is 9.72. The molecule has 0 spiro atoms. The number of hydrogen-bond acceptors (Lipinski definition) is 3. The van der Waals surface area contributed by atoms with Gasteiger partial charge in [-0.3, -0.25) is 9.59 Å². The van der Waals surface area contributed by atoms with Crippen LogP contribution in [0.3, 0.4) is 0 Å². The highest BCUT2D eigenvalue weighted by Crippen LogP contribution is 2.45. The second-order valence-electron chi connectivity index (χ2n) is 10.3. The van der Waals surface area contributed by atoms with Crippen molar-refractivity contribution >= 4 is 17.3 Å². The highest BCUT2D eigenvalue weighted by molar-refractivity contribution is 6.05. The van der Waals surface area contributed by atoms with Crippen molar-refractivity contribution < 1.29 is 18.4 Å². The van der Waals surface area contributed by atoms with Gasteiger partial charge in [-0.05, 0) is 109 Å². The van der Waals surface area contributed by atoms with E-state index < -0.39 is 11.4 Å². The maximum absolute atomic E-state index is 13.5. The third-order valence-electron chi connectivity index (χ3n) is 7.57. The van der Waals surface area contributed by atoms with E-state index in [4.69, 9.17) is 5.73 Å². The minimum atomic E-state index is -0.628. The van der Waals surface area contributed by atoms with Crippen molar-refractivity contribution in [1.29, 1.82) is 0 Å². The van der Waals surface area contributed by atoms with Crippen molar-refractivity contribution in [2.24, 2.45) is 5.73 Å². The van der Waals surface area contributed by atoms with Crippen LogP contribution >= 0.6 is 0 Å². The van der Waals surface area contributed by atoms with Gasteiger partial charge in [-0.2, -0.15) is 5.10 Å². The molecule has 0 radical (unpaired) electrons. The van der Waals surface area contributed by atoms with Crippen molar-refractivity contribution in [3.63, 3.8) is 0 Å². The average molecular weight is 537 g/mol. The van der Waals surface area contributed by atoms with Crippen LogP contribution in [0, 0.1) is 18.6 Å². The molecular formula is C32H26F2N4O2. The summed E-state index contributed by atoms with van der Waals surface area (Å²) in [6.45, 7) is 1.98. The molecule has 200 valence electrons. The third-order valence-corrected chi connectivity index (χ3v) is 7.57. The van der Waals surface area contributed by atoms with Crippen LogP contribution in [0.1, 0.15) is 55.8 Å². The van der Waals surface area contributed by atoms with E-state index in [0.717, 1.165) is 35.1 Å². The maximum Gasteiger partial charge on any atom is 0.253 e. The Hall–Kier alpha value is -4.85. The van der Waals surface area contributed by atoms with E-state index in [1.165, 1.54) is 24.3 Å². The van der Waals surface area contributed by atoms with Gasteiger partial charge in [0, 0.05) is 17.3 Å². The summed E-state index contributed by atoms with van der Waals surface area (Å²) in [7, 11) is 0. The molecule has 40 heavy (non-hydrogen) atoms. The van der Waals surface area contributed by atoms with Crippen molar-refractivity contribution in [1.82, 2.24) is 14.9 Å². The standard InChI is InChI=1S/C32H26F2N4O2/c1-19-2-3-22(31(40)36-32(13-14-32)24-6-10-26(34)11-7-24)18-23(19)16-20-12-15-38-27(17-20)28(30(35)39)29(37-38)21-4-8-25(33)9-5-21/h2-12,15,17-18H,13-14,16H2,1H3,(H2,35,39)(H,36,40). The molecule has 6 nitrogen and oxygen atoms in total. The third kappa shape index (κ3) is 4.73. The number of benzene rings is 3. The van der Waals surface area contributed by atoms with Gasteiger partial charge in [0.25, 0.3) is 11.8 Å².